The van der Waals surface area contributed by atoms with Crippen molar-refractivity contribution in [2.24, 2.45) is 0 Å². The molecule has 0 aliphatic carbocycles. The molecule has 0 spiro atoms. The van der Waals surface area contributed by atoms with Gasteiger partial charge in [-0.15, -0.1) is 0 Å². The Balaban J connectivity index is 3.17. The van der Waals surface area contributed by atoms with Crippen molar-refractivity contribution in [3.05, 3.63) is 28.8 Å². The molecule has 0 unspecified atom stereocenters. The maximum absolute atomic E-state index is 10.9. The highest BCUT2D eigenvalue weighted by atomic mass is 16.3. The molecule has 1 rings (SSSR count). The average molecular weight is 178 g/mol. The topological polar surface area (TPSA) is 37.3 Å². The van der Waals surface area contributed by atoms with Crippen LogP contribution in [0.1, 0.15) is 23.6 Å². The van der Waals surface area contributed by atoms with Crippen LogP contribution in [0.3, 0.4) is 0 Å². The minimum Gasteiger partial charge on any atom is -0.508 e. The van der Waals surface area contributed by atoms with Gasteiger partial charge in [0, 0.05) is 12.0 Å². The maximum atomic E-state index is 10.9. The van der Waals surface area contributed by atoms with Gasteiger partial charge in [0.25, 0.3) is 0 Å². The fraction of sp³-hybridized carbons (Fsp3) is 0.364. The molecule has 1 aromatic carbocycles. The third kappa shape index (κ3) is 2.08. The van der Waals surface area contributed by atoms with Gasteiger partial charge in [0.2, 0.25) is 0 Å². The lowest BCUT2D eigenvalue weighted by molar-refractivity contribution is -0.116. The SMILES string of the molecule is CC(=O)Cc1c(O)ccc(C)c1C. The minimum absolute atomic E-state index is 0.0731. The number of aryl methyl sites for hydroxylation is 1. The highest BCUT2D eigenvalue weighted by molar-refractivity contribution is 5.79. The second-order valence-corrected chi connectivity index (χ2v) is 3.38. The molecule has 2 nitrogen and oxygen atoms in total. The van der Waals surface area contributed by atoms with Gasteiger partial charge in [-0.25, -0.2) is 0 Å². The van der Waals surface area contributed by atoms with E-state index in [1.54, 1.807) is 6.07 Å². The van der Waals surface area contributed by atoms with E-state index in [1.807, 2.05) is 19.9 Å². The van der Waals surface area contributed by atoms with Gasteiger partial charge in [-0.3, -0.25) is 4.79 Å². The minimum atomic E-state index is 0.0731. The first-order valence-electron chi connectivity index (χ1n) is 4.30. The zero-order chi connectivity index (χ0) is 10.0. The highest BCUT2D eigenvalue weighted by Crippen LogP contribution is 2.23. The number of carbonyl (C=O) groups excluding carboxylic acids is 1. The number of carbonyl (C=O) groups is 1. The monoisotopic (exact) mass is 178 g/mol. The summed E-state index contributed by atoms with van der Waals surface area (Å²) in [6, 6.07) is 3.49. The summed E-state index contributed by atoms with van der Waals surface area (Å²) >= 11 is 0. The largest absolute Gasteiger partial charge is 0.508 e. The van der Waals surface area contributed by atoms with Crippen molar-refractivity contribution in [3.63, 3.8) is 0 Å². The normalized spacial score (nSPS) is 10.1. The van der Waals surface area contributed by atoms with E-state index < -0.39 is 0 Å². The van der Waals surface area contributed by atoms with Gasteiger partial charge in [-0.1, -0.05) is 6.07 Å². The molecule has 0 aliphatic heterocycles. The van der Waals surface area contributed by atoms with Gasteiger partial charge in [0.1, 0.15) is 11.5 Å². The van der Waals surface area contributed by atoms with Crippen LogP contribution in [0.4, 0.5) is 0 Å². The van der Waals surface area contributed by atoms with Crippen LogP contribution in [0.25, 0.3) is 0 Å². The third-order valence-electron chi connectivity index (χ3n) is 2.27. The summed E-state index contributed by atoms with van der Waals surface area (Å²) in [4.78, 5) is 10.9. The van der Waals surface area contributed by atoms with Crippen molar-refractivity contribution in [3.8, 4) is 5.75 Å². The Bertz CT molecular complexity index is 340. The Morgan fingerprint density at radius 2 is 2.00 bits per heavy atom. The lowest BCUT2D eigenvalue weighted by Crippen LogP contribution is -2.00. The molecule has 1 aromatic rings. The summed E-state index contributed by atoms with van der Waals surface area (Å²) in [5, 5.41) is 9.51. The van der Waals surface area contributed by atoms with E-state index in [-0.39, 0.29) is 11.5 Å². The molecule has 0 amide bonds. The molecule has 2 heteroatoms. The Kier molecular flexibility index (Phi) is 2.71. The van der Waals surface area contributed by atoms with Crippen LogP contribution in [-0.4, -0.2) is 10.9 Å². The molecular formula is C11H14O2. The predicted molar refractivity (Wildman–Crippen MR) is 52.0 cm³/mol. The maximum Gasteiger partial charge on any atom is 0.134 e. The van der Waals surface area contributed by atoms with Crippen molar-refractivity contribution < 1.29 is 9.90 Å². The lowest BCUT2D eigenvalue weighted by atomic mass is 9.98. The molecular weight excluding hydrogens is 164 g/mol. The Labute approximate surface area is 78.2 Å². The molecule has 0 radical (unpaired) electrons. The van der Waals surface area contributed by atoms with Gasteiger partial charge in [-0.05, 0) is 38.0 Å². The number of ketones is 1. The van der Waals surface area contributed by atoms with Crippen molar-refractivity contribution in [2.75, 3.05) is 0 Å². The van der Waals surface area contributed by atoms with Crippen LogP contribution in [0.5, 0.6) is 5.75 Å². The lowest BCUT2D eigenvalue weighted by Gasteiger charge is -2.08. The predicted octanol–water partition coefficient (Wildman–Crippen LogP) is 2.14. The van der Waals surface area contributed by atoms with Gasteiger partial charge in [0.05, 0.1) is 0 Å². The molecule has 13 heavy (non-hydrogen) atoms. The van der Waals surface area contributed by atoms with E-state index >= 15 is 0 Å². The smallest absolute Gasteiger partial charge is 0.134 e. The first-order chi connectivity index (χ1) is 6.02. The number of phenolic OH excluding ortho intramolecular Hbond substituents is 1. The van der Waals surface area contributed by atoms with Crippen molar-refractivity contribution in [1.82, 2.24) is 0 Å². The number of Topliss-reactive ketones (excluding diaryl/α,β-unsaturated/α-hetero) is 1. The summed E-state index contributed by atoms with van der Waals surface area (Å²) in [5.41, 5.74) is 2.87. The zero-order valence-corrected chi connectivity index (χ0v) is 8.22. The van der Waals surface area contributed by atoms with Gasteiger partial charge in [0.15, 0.2) is 0 Å². The standard InChI is InChI=1S/C11H14O2/c1-7-4-5-11(13)10(9(7)3)6-8(2)12/h4-5,13H,6H2,1-3H3. The molecule has 0 bridgehead atoms. The summed E-state index contributed by atoms with van der Waals surface area (Å²) in [5.74, 6) is 0.294. The third-order valence-corrected chi connectivity index (χ3v) is 2.27. The fourth-order valence-corrected chi connectivity index (χ4v) is 1.33. The first-order valence-corrected chi connectivity index (χ1v) is 4.30. The Morgan fingerprint density at radius 3 is 2.54 bits per heavy atom. The van der Waals surface area contributed by atoms with Crippen molar-refractivity contribution in [2.45, 2.75) is 27.2 Å². The molecule has 0 saturated carbocycles. The summed E-state index contributed by atoms with van der Waals surface area (Å²) in [6.45, 7) is 5.42. The van der Waals surface area contributed by atoms with E-state index in [2.05, 4.69) is 0 Å². The Hall–Kier alpha value is -1.31. The Morgan fingerprint density at radius 1 is 1.38 bits per heavy atom. The highest BCUT2D eigenvalue weighted by Gasteiger charge is 2.08. The van der Waals surface area contributed by atoms with E-state index in [4.69, 9.17) is 0 Å². The number of benzene rings is 1. The molecule has 0 aliphatic rings. The number of phenols is 1. The second kappa shape index (κ2) is 3.60. The first kappa shape index (κ1) is 9.78. The van der Waals surface area contributed by atoms with E-state index in [0.717, 1.165) is 16.7 Å². The summed E-state index contributed by atoms with van der Waals surface area (Å²) < 4.78 is 0. The quantitative estimate of drug-likeness (QED) is 0.753. The molecule has 0 atom stereocenters. The number of hydrogen-bond acceptors (Lipinski definition) is 2. The second-order valence-electron chi connectivity index (χ2n) is 3.38. The van der Waals surface area contributed by atoms with Crippen LogP contribution in [0.15, 0.2) is 12.1 Å². The van der Waals surface area contributed by atoms with Crippen LogP contribution in [0.2, 0.25) is 0 Å². The van der Waals surface area contributed by atoms with Gasteiger partial charge < -0.3 is 5.11 Å². The average Bonchev–Trinajstić information content (AvgIpc) is 2.05. The molecule has 0 saturated heterocycles. The van der Waals surface area contributed by atoms with Gasteiger partial charge >= 0.3 is 0 Å². The summed E-state index contributed by atoms with van der Waals surface area (Å²) in [6.07, 6.45) is 0.319. The summed E-state index contributed by atoms with van der Waals surface area (Å²) in [7, 11) is 0. The van der Waals surface area contributed by atoms with Crippen LogP contribution in [0, 0.1) is 13.8 Å². The van der Waals surface area contributed by atoms with E-state index in [0.29, 0.717) is 6.42 Å². The molecule has 0 fully saturated rings. The number of aromatic hydroxyl groups is 1. The van der Waals surface area contributed by atoms with Crippen molar-refractivity contribution >= 4 is 5.78 Å². The van der Waals surface area contributed by atoms with E-state index in [1.165, 1.54) is 6.92 Å². The van der Waals surface area contributed by atoms with Crippen LogP contribution in [-0.2, 0) is 11.2 Å². The molecule has 1 N–H and O–H groups in total. The fourth-order valence-electron chi connectivity index (χ4n) is 1.33. The van der Waals surface area contributed by atoms with E-state index in [9.17, 15) is 9.90 Å². The number of hydrogen-bond donors (Lipinski definition) is 1. The zero-order valence-electron chi connectivity index (χ0n) is 8.22. The van der Waals surface area contributed by atoms with Crippen LogP contribution >= 0.6 is 0 Å². The molecule has 0 aromatic heterocycles. The van der Waals surface area contributed by atoms with Gasteiger partial charge in [-0.2, -0.15) is 0 Å². The number of rotatable bonds is 2. The van der Waals surface area contributed by atoms with Crippen molar-refractivity contribution in [1.29, 1.82) is 0 Å². The van der Waals surface area contributed by atoms with Crippen LogP contribution < -0.4 is 0 Å². The molecule has 0 heterocycles. The molecule has 70 valence electrons.